The van der Waals surface area contributed by atoms with Gasteiger partial charge in [0, 0.05) is 11.1 Å². The Hall–Kier alpha value is -2.05. The van der Waals surface area contributed by atoms with Gasteiger partial charge in [-0.2, -0.15) is 0 Å². The number of rotatable bonds is 4. The molecule has 7 nitrogen and oxygen atoms in total. The topological polar surface area (TPSA) is 83.7 Å². The van der Waals surface area contributed by atoms with Crippen LogP contribution in [0.4, 0.5) is 5.82 Å². The van der Waals surface area contributed by atoms with E-state index in [9.17, 15) is 10.1 Å². The Bertz CT molecular complexity index is 380. The highest BCUT2D eigenvalue weighted by atomic mass is 16.6. The predicted octanol–water partition coefficient (Wildman–Crippen LogP) is 1.02. The van der Waals surface area contributed by atoms with E-state index in [2.05, 4.69) is 4.98 Å². The second kappa shape index (κ2) is 4.45. The summed E-state index contributed by atoms with van der Waals surface area (Å²) in [6.07, 6.45) is 0. The van der Waals surface area contributed by atoms with Crippen molar-refractivity contribution in [2.45, 2.75) is 0 Å². The van der Waals surface area contributed by atoms with E-state index < -0.39 is 10.7 Å². The zero-order valence-corrected chi connectivity index (χ0v) is 8.51. The summed E-state index contributed by atoms with van der Waals surface area (Å²) >= 11 is 0. The Morgan fingerprint density at radius 2 is 1.80 bits per heavy atom. The van der Waals surface area contributed by atoms with Gasteiger partial charge >= 0.3 is 11.7 Å². The van der Waals surface area contributed by atoms with E-state index in [-0.39, 0.29) is 17.4 Å². The van der Waals surface area contributed by atoms with Crippen LogP contribution in [0.1, 0.15) is 0 Å². The van der Waals surface area contributed by atoms with Crippen molar-refractivity contribution < 1.29 is 19.1 Å². The minimum absolute atomic E-state index is 0.0256. The summed E-state index contributed by atoms with van der Waals surface area (Å²) in [6.45, 7) is 0. The van der Waals surface area contributed by atoms with E-state index in [1.54, 1.807) is 0 Å². The number of ether oxygens (including phenoxy) is 3. The number of aromatic nitrogens is 1. The molecule has 1 aromatic rings. The molecule has 1 aromatic heterocycles. The molecule has 0 aliphatic heterocycles. The molecule has 0 radical (unpaired) electrons. The standard InChI is InChI=1S/C8H10N2O5/c1-13-5-4-6(14-2)8(15-3)9-7(5)10(11)12/h4H,1-3H3. The fraction of sp³-hybridized carbons (Fsp3) is 0.375. The molecule has 0 saturated heterocycles. The zero-order valence-electron chi connectivity index (χ0n) is 8.51. The van der Waals surface area contributed by atoms with Crippen molar-refractivity contribution in [1.82, 2.24) is 4.98 Å². The number of nitro groups is 1. The monoisotopic (exact) mass is 214 g/mol. The molecule has 82 valence electrons. The van der Waals surface area contributed by atoms with Gasteiger partial charge in [-0.05, 0) is 4.92 Å². The molecule has 0 N–H and O–H groups in total. The first-order chi connectivity index (χ1) is 7.13. The average Bonchev–Trinajstić information content (AvgIpc) is 2.26. The van der Waals surface area contributed by atoms with E-state index >= 15 is 0 Å². The molecule has 0 aliphatic carbocycles. The lowest BCUT2D eigenvalue weighted by molar-refractivity contribution is -0.390. The van der Waals surface area contributed by atoms with Crippen molar-refractivity contribution in [1.29, 1.82) is 0 Å². The second-order valence-corrected chi connectivity index (χ2v) is 2.48. The van der Waals surface area contributed by atoms with Crippen molar-refractivity contribution in [3.8, 4) is 17.4 Å². The van der Waals surface area contributed by atoms with E-state index in [1.165, 1.54) is 27.4 Å². The van der Waals surface area contributed by atoms with Crippen LogP contribution in [0.5, 0.6) is 17.4 Å². The van der Waals surface area contributed by atoms with Crippen LogP contribution >= 0.6 is 0 Å². The van der Waals surface area contributed by atoms with Crippen LogP contribution < -0.4 is 14.2 Å². The third-order valence-electron chi connectivity index (χ3n) is 1.71. The van der Waals surface area contributed by atoms with Crippen molar-refractivity contribution in [2.75, 3.05) is 21.3 Å². The average molecular weight is 214 g/mol. The summed E-state index contributed by atoms with van der Waals surface area (Å²) in [5, 5.41) is 10.6. The lowest BCUT2D eigenvalue weighted by Gasteiger charge is -2.05. The van der Waals surface area contributed by atoms with E-state index in [1.807, 2.05) is 0 Å². The predicted molar refractivity (Wildman–Crippen MR) is 50.5 cm³/mol. The van der Waals surface area contributed by atoms with Gasteiger partial charge in [-0.1, -0.05) is 0 Å². The molecule has 7 heteroatoms. The third-order valence-corrected chi connectivity index (χ3v) is 1.71. The Morgan fingerprint density at radius 3 is 2.20 bits per heavy atom. The Balaban J connectivity index is 3.34. The molecule has 1 rings (SSSR count). The molecule has 15 heavy (non-hydrogen) atoms. The second-order valence-electron chi connectivity index (χ2n) is 2.48. The first-order valence-electron chi connectivity index (χ1n) is 3.95. The summed E-state index contributed by atoms with van der Waals surface area (Å²) in [7, 11) is 4.07. The van der Waals surface area contributed by atoms with E-state index in [0.29, 0.717) is 0 Å². The van der Waals surface area contributed by atoms with Gasteiger partial charge in [0.25, 0.3) is 0 Å². The van der Waals surface area contributed by atoms with Gasteiger partial charge in [0.2, 0.25) is 11.5 Å². The molecule has 0 bridgehead atoms. The third kappa shape index (κ3) is 2.06. The maximum atomic E-state index is 10.6. The van der Waals surface area contributed by atoms with Crippen molar-refractivity contribution >= 4 is 5.82 Å². The van der Waals surface area contributed by atoms with Gasteiger partial charge in [0.05, 0.1) is 21.3 Å². The lowest BCUT2D eigenvalue weighted by atomic mass is 10.4. The maximum absolute atomic E-state index is 10.6. The number of methoxy groups -OCH3 is 3. The normalized spacial score (nSPS) is 9.53. The lowest BCUT2D eigenvalue weighted by Crippen LogP contribution is -2.01. The molecule has 1 heterocycles. The Kier molecular flexibility index (Phi) is 3.27. The zero-order chi connectivity index (χ0) is 11.4. The first kappa shape index (κ1) is 11.0. The molecule has 0 aliphatic rings. The quantitative estimate of drug-likeness (QED) is 0.549. The molecule has 0 aromatic carbocycles. The highest BCUT2D eigenvalue weighted by Crippen LogP contribution is 2.35. The number of pyridine rings is 1. The minimum Gasteiger partial charge on any atom is -0.489 e. The van der Waals surface area contributed by atoms with Crippen LogP contribution in [0.2, 0.25) is 0 Å². The first-order valence-corrected chi connectivity index (χ1v) is 3.95. The van der Waals surface area contributed by atoms with Crippen LogP contribution in [-0.2, 0) is 0 Å². The summed E-state index contributed by atoms with van der Waals surface area (Å²) in [6, 6.07) is 1.35. The van der Waals surface area contributed by atoms with Crippen LogP contribution in [-0.4, -0.2) is 31.2 Å². The molecule has 0 saturated carbocycles. The van der Waals surface area contributed by atoms with Crippen molar-refractivity contribution in [3.63, 3.8) is 0 Å². The summed E-state index contributed by atoms with van der Waals surface area (Å²) < 4.78 is 14.6. The fourth-order valence-electron chi connectivity index (χ4n) is 1.03. The summed E-state index contributed by atoms with van der Waals surface area (Å²) in [5.41, 5.74) is 0. The number of hydrogen-bond donors (Lipinski definition) is 0. The number of nitrogens with zero attached hydrogens (tertiary/aromatic N) is 2. The Labute approximate surface area is 85.7 Å². The molecule has 0 unspecified atom stereocenters. The highest BCUT2D eigenvalue weighted by molar-refractivity contribution is 5.50. The Morgan fingerprint density at radius 1 is 1.20 bits per heavy atom. The highest BCUT2D eigenvalue weighted by Gasteiger charge is 2.23. The van der Waals surface area contributed by atoms with Gasteiger partial charge in [-0.15, -0.1) is 0 Å². The molecule has 0 fully saturated rings. The van der Waals surface area contributed by atoms with Gasteiger partial charge < -0.3 is 24.3 Å². The molecule has 0 spiro atoms. The van der Waals surface area contributed by atoms with Crippen molar-refractivity contribution in [3.05, 3.63) is 16.2 Å². The molecular formula is C8H10N2O5. The van der Waals surface area contributed by atoms with Gasteiger partial charge in [-0.25, -0.2) is 0 Å². The number of hydrogen-bond acceptors (Lipinski definition) is 6. The van der Waals surface area contributed by atoms with Gasteiger partial charge in [-0.3, -0.25) is 0 Å². The largest absolute Gasteiger partial charge is 0.489 e. The fourth-order valence-corrected chi connectivity index (χ4v) is 1.03. The maximum Gasteiger partial charge on any atom is 0.410 e. The summed E-state index contributed by atoms with van der Waals surface area (Å²) in [4.78, 5) is 13.6. The van der Waals surface area contributed by atoms with Gasteiger partial charge in [0.15, 0.2) is 0 Å². The minimum atomic E-state index is -0.652. The van der Waals surface area contributed by atoms with Gasteiger partial charge in [0.1, 0.15) is 0 Å². The summed E-state index contributed by atoms with van der Waals surface area (Å²) in [5.74, 6) is -0.0576. The van der Waals surface area contributed by atoms with E-state index in [0.717, 1.165) is 0 Å². The van der Waals surface area contributed by atoms with Crippen LogP contribution in [0.15, 0.2) is 6.07 Å². The molecular weight excluding hydrogens is 204 g/mol. The molecule has 0 atom stereocenters. The smallest absolute Gasteiger partial charge is 0.410 e. The van der Waals surface area contributed by atoms with Crippen molar-refractivity contribution in [2.24, 2.45) is 0 Å². The van der Waals surface area contributed by atoms with E-state index in [4.69, 9.17) is 14.2 Å². The van der Waals surface area contributed by atoms with Crippen LogP contribution in [0, 0.1) is 10.1 Å². The van der Waals surface area contributed by atoms with Crippen LogP contribution in [0.3, 0.4) is 0 Å². The molecule has 0 amide bonds. The van der Waals surface area contributed by atoms with Crippen LogP contribution in [0.25, 0.3) is 0 Å². The SMILES string of the molecule is COc1cc(OC)c([N+](=O)[O-])nc1OC.